The highest BCUT2D eigenvalue weighted by Crippen LogP contribution is 2.33. The van der Waals surface area contributed by atoms with E-state index >= 15 is 0 Å². The number of nitrogens with zero attached hydrogens (tertiary/aromatic N) is 2. The van der Waals surface area contributed by atoms with E-state index in [-0.39, 0.29) is 6.29 Å². The molecular formula is C17H15BrN2O2S. The lowest BCUT2D eigenvalue weighted by Crippen LogP contribution is -2.24. The zero-order valence-electron chi connectivity index (χ0n) is 12.4. The molecule has 0 aliphatic carbocycles. The Morgan fingerprint density at radius 1 is 1.04 bits per heavy atom. The van der Waals surface area contributed by atoms with E-state index in [1.807, 2.05) is 18.2 Å². The van der Waals surface area contributed by atoms with E-state index in [4.69, 9.17) is 9.47 Å². The van der Waals surface area contributed by atoms with Gasteiger partial charge in [-0.1, -0.05) is 18.2 Å². The van der Waals surface area contributed by atoms with Crippen molar-refractivity contribution in [3.63, 3.8) is 0 Å². The zero-order valence-corrected chi connectivity index (χ0v) is 14.8. The van der Waals surface area contributed by atoms with Crippen LogP contribution in [0.15, 0.2) is 40.9 Å². The third-order valence-electron chi connectivity index (χ3n) is 3.94. The van der Waals surface area contributed by atoms with Crippen LogP contribution < -0.4 is 4.74 Å². The maximum absolute atomic E-state index is 5.88. The molecule has 1 atom stereocenters. The molecule has 1 fully saturated rings. The topological polar surface area (TPSA) is 44.2 Å². The molecular weight excluding hydrogens is 376 g/mol. The largest absolute Gasteiger partial charge is 0.465 e. The van der Waals surface area contributed by atoms with Crippen molar-refractivity contribution in [2.75, 3.05) is 6.61 Å². The Morgan fingerprint density at radius 2 is 1.87 bits per heavy atom. The molecule has 2 aromatic carbocycles. The van der Waals surface area contributed by atoms with Gasteiger partial charge in [-0.05, 0) is 52.5 Å². The molecule has 0 bridgehead atoms. The van der Waals surface area contributed by atoms with E-state index in [1.54, 1.807) is 0 Å². The number of benzene rings is 2. The van der Waals surface area contributed by atoms with Crippen LogP contribution >= 0.6 is 27.7 Å². The van der Waals surface area contributed by atoms with Gasteiger partial charge in [-0.2, -0.15) is 8.75 Å². The molecule has 0 saturated carbocycles. The van der Waals surface area contributed by atoms with Crippen molar-refractivity contribution < 1.29 is 9.47 Å². The zero-order chi connectivity index (χ0) is 15.6. The lowest BCUT2D eigenvalue weighted by Gasteiger charge is -2.23. The first kappa shape index (κ1) is 15.1. The summed E-state index contributed by atoms with van der Waals surface area (Å²) in [5, 5.41) is 0. The van der Waals surface area contributed by atoms with Crippen molar-refractivity contribution in [1.82, 2.24) is 8.75 Å². The van der Waals surface area contributed by atoms with Crippen molar-refractivity contribution >= 4 is 38.7 Å². The third-order valence-corrected chi connectivity index (χ3v) is 5.11. The predicted molar refractivity (Wildman–Crippen MR) is 94.8 cm³/mol. The Balaban J connectivity index is 1.59. The average Bonchev–Trinajstić information content (AvgIpc) is 3.08. The Hall–Kier alpha value is -1.50. The molecule has 1 aliphatic rings. The quantitative estimate of drug-likeness (QED) is 0.629. The van der Waals surface area contributed by atoms with Crippen LogP contribution in [0.25, 0.3) is 22.2 Å². The average molecular weight is 391 g/mol. The van der Waals surface area contributed by atoms with Crippen LogP contribution in [-0.2, 0) is 4.74 Å². The second-order valence-corrected chi connectivity index (χ2v) is 6.88. The van der Waals surface area contributed by atoms with Gasteiger partial charge in [0.05, 0.1) is 18.3 Å². The fraction of sp³-hybridized carbons (Fsp3) is 0.294. The van der Waals surface area contributed by atoms with Gasteiger partial charge >= 0.3 is 0 Å². The van der Waals surface area contributed by atoms with Crippen LogP contribution in [0, 0.1) is 0 Å². The van der Waals surface area contributed by atoms with Gasteiger partial charge in [-0.15, -0.1) is 0 Å². The van der Waals surface area contributed by atoms with E-state index in [0.717, 1.165) is 58.3 Å². The molecule has 4 rings (SSSR count). The van der Waals surface area contributed by atoms with Crippen molar-refractivity contribution in [2.45, 2.75) is 25.6 Å². The summed E-state index contributed by atoms with van der Waals surface area (Å²) in [5.41, 5.74) is 4.02. The molecule has 0 N–H and O–H groups in total. The van der Waals surface area contributed by atoms with Gasteiger partial charge in [0.1, 0.15) is 16.8 Å². The van der Waals surface area contributed by atoms with Crippen molar-refractivity contribution in [2.24, 2.45) is 0 Å². The Labute approximate surface area is 146 Å². The number of aromatic nitrogens is 2. The van der Waals surface area contributed by atoms with Crippen molar-refractivity contribution in [1.29, 1.82) is 0 Å². The van der Waals surface area contributed by atoms with Gasteiger partial charge < -0.3 is 9.47 Å². The summed E-state index contributed by atoms with van der Waals surface area (Å²) in [6.45, 7) is 0.788. The smallest absolute Gasteiger partial charge is 0.199 e. The van der Waals surface area contributed by atoms with Crippen LogP contribution in [-0.4, -0.2) is 21.6 Å². The lowest BCUT2D eigenvalue weighted by atomic mass is 10.0. The highest BCUT2D eigenvalue weighted by atomic mass is 79.9. The van der Waals surface area contributed by atoms with E-state index in [2.05, 4.69) is 42.9 Å². The molecule has 1 aromatic heterocycles. The summed E-state index contributed by atoms with van der Waals surface area (Å²) in [4.78, 5) is 0. The van der Waals surface area contributed by atoms with Crippen LogP contribution in [0.5, 0.6) is 5.75 Å². The number of rotatable bonds is 3. The maximum atomic E-state index is 5.88. The third kappa shape index (κ3) is 3.11. The SMILES string of the molecule is Brc1ccc(-c2ccc(OC3CCCCO3)cc2)c2nsnc12. The molecule has 23 heavy (non-hydrogen) atoms. The molecule has 0 spiro atoms. The highest BCUT2D eigenvalue weighted by Gasteiger charge is 2.15. The summed E-state index contributed by atoms with van der Waals surface area (Å²) in [6, 6.07) is 12.2. The van der Waals surface area contributed by atoms with Gasteiger partial charge in [-0.3, -0.25) is 0 Å². The summed E-state index contributed by atoms with van der Waals surface area (Å²) in [7, 11) is 0. The molecule has 0 amide bonds. The van der Waals surface area contributed by atoms with Crippen molar-refractivity contribution in [3.8, 4) is 16.9 Å². The number of fused-ring (bicyclic) bond motifs is 1. The number of ether oxygens (including phenoxy) is 2. The summed E-state index contributed by atoms with van der Waals surface area (Å²) < 4.78 is 21.2. The first-order chi connectivity index (χ1) is 11.3. The van der Waals surface area contributed by atoms with Gasteiger partial charge in [-0.25, -0.2) is 0 Å². The van der Waals surface area contributed by atoms with Crippen molar-refractivity contribution in [3.05, 3.63) is 40.9 Å². The monoisotopic (exact) mass is 390 g/mol. The van der Waals surface area contributed by atoms with Crippen LogP contribution in [0.2, 0.25) is 0 Å². The molecule has 118 valence electrons. The fourth-order valence-corrected chi connectivity index (χ4v) is 3.84. The van der Waals surface area contributed by atoms with E-state index in [9.17, 15) is 0 Å². The molecule has 1 saturated heterocycles. The van der Waals surface area contributed by atoms with Crippen LogP contribution in [0.4, 0.5) is 0 Å². The predicted octanol–water partition coefficient (Wildman–Crippen LogP) is 5.03. The molecule has 1 aliphatic heterocycles. The molecule has 2 heterocycles. The Bertz CT molecular complexity index is 813. The maximum Gasteiger partial charge on any atom is 0.199 e. The van der Waals surface area contributed by atoms with Gasteiger partial charge in [0, 0.05) is 16.5 Å². The minimum Gasteiger partial charge on any atom is -0.465 e. The number of hydrogen-bond acceptors (Lipinski definition) is 5. The summed E-state index contributed by atoms with van der Waals surface area (Å²) >= 11 is 4.75. The summed E-state index contributed by atoms with van der Waals surface area (Å²) in [5.74, 6) is 0.838. The minimum atomic E-state index is -0.114. The first-order valence-electron chi connectivity index (χ1n) is 7.61. The summed E-state index contributed by atoms with van der Waals surface area (Å²) in [6.07, 6.45) is 3.13. The molecule has 1 unspecified atom stereocenters. The second kappa shape index (κ2) is 6.55. The van der Waals surface area contributed by atoms with E-state index in [0.29, 0.717) is 0 Å². The molecule has 3 aromatic rings. The number of halogens is 1. The highest BCUT2D eigenvalue weighted by molar-refractivity contribution is 9.10. The first-order valence-corrected chi connectivity index (χ1v) is 9.13. The van der Waals surface area contributed by atoms with Gasteiger partial charge in [0.25, 0.3) is 0 Å². The molecule has 4 nitrogen and oxygen atoms in total. The fourth-order valence-electron chi connectivity index (χ4n) is 2.74. The normalized spacial score (nSPS) is 18.2. The lowest BCUT2D eigenvalue weighted by molar-refractivity contribution is -0.105. The van der Waals surface area contributed by atoms with E-state index in [1.165, 1.54) is 11.7 Å². The van der Waals surface area contributed by atoms with E-state index < -0.39 is 0 Å². The second-order valence-electron chi connectivity index (χ2n) is 5.49. The van der Waals surface area contributed by atoms with Gasteiger partial charge in [0.2, 0.25) is 0 Å². The number of hydrogen-bond donors (Lipinski definition) is 0. The van der Waals surface area contributed by atoms with Crippen LogP contribution in [0.3, 0.4) is 0 Å². The van der Waals surface area contributed by atoms with Crippen LogP contribution in [0.1, 0.15) is 19.3 Å². The molecule has 6 heteroatoms. The Kier molecular flexibility index (Phi) is 4.29. The molecule has 0 radical (unpaired) electrons. The minimum absolute atomic E-state index is 0.114. The standard InChI is InChI=1S/C17H15BrN2O2S/c18-14-9-8-13(16-17(14)20-23-19-16)11-4-6-12(7-5-11)22-15-3-1-2-10-21-15/h4-9,15H,1-3,10H2. The Morgan fingerprint density at radius 3 is 2.65 bits per heavy atom. The van der Waals surface area contributed by atoms with Gasteiger partial charge in [0.15, 0.2) is 6.29 Å².